The SMILES string of the molecule is CCC1=NOC(C(=O)NCCc2csc(-c3cccnc3)n2)C1. The molecule has 1 N–H and O–H groups in total. The Morgan fingerprint density at radius 3 is 3.17 bits per heavy atom. The maximum absolute atomic E-state index is 12.0. The Morgan fingerprint density at radius 1 is 1.52 bits per heavy atom. The number of hydrogen-bond acceptors (Lipinski definition) is 6. The lowest BCUT2D eigenvalue weighted by Crippen LogP contribution is -2.35. The molecule has 0 bridgehead atoms. The topological polar surface area (TPSA) is 76.5 Å². The minimum Gasteiger partial charge on any atom is -0.382 e. The molecule has 7 heteroatoms. The van der Waals surface area contributed by atoms with Crippen LogP contribution in [0.3, 0.4) is 0 Å². The first-order valence-corrected chi connectivity index (χ1v) is 8.48. The zero-order valence-electron chi connectivity index (χ0n) is 12.9. The van der Waals surface area contributed by atoms with Crippen molar-refractivity contribution < 1.29 is 9.63 Å². The summed E-state index contributed by atoms with van der Waals surface area (Å²) in [5, 5.41) is 9.74. The second-order valence-corrected chi connectivity index (χ2v) is 6.09. The lowest BCUT2D eigenvalue weighted by molar-refractivity contribution is -0.131. The Hall–Kier alpha value is -2.28. The number of carbonyl (C=O) groups excluding carboxylic acids is 1. The first-order chi connectivity index (χ1) is 11.3. The van der Waals surface area contributed by atoms with E-state index in [1.807, 2.05) is 24.4 Å². The Balaban J connectivity index is 1.46. The molecule has 23 heavy (non-hydrogen) atoms. The number of oxime groups is 1. The average molecular weight is 330 g/mol. The van der Waals surface area contributed by atoms with Crippen molar-refractivity contribution in [3.05, 3.63) is 35.6 Å². The summed E-state index contributed by atoms with van der Waals surface area (Å²) < 4.78 is 0. The molecule has 6 nitrogen and oxygen atoms in total. The summed E-state index contributed by atoms with van der Waals surface area (Å²) in [4.78, 5) is 25.8. The molecule has 0 saturated carbocycles. The van der Waals surface area contributed by atoms with Crippen LogP contribution in [0.4, 0.5) is 0 Å². The molecule has 1 unspecified atom stereocenters. The summed E-state index contributed by atoms with van der Waals surface area (Å²) in [5.41, 5.74) is 2.91. The Kier molecular flexibility index (Phi) is 4.97. The maximum Gasteiger partial charge on any atom is 0.264 e. The number of hydrogen-bond donors (Lipinski definition) is 1. The third kappa shape index (κ3) is 3.92. The molecule has 0 radical (unpaired) electrons. The van der Waals surface area contributed by atoms with Crippen LogP contribution in [-0.2, 0) is 16.1 Å². The van der Waals surface area contributed by atoms with Gasteiger partial charge in [-0.2, -0.15) is 0 Å². The largest absolute Gasteiger partial charge is 0.382 e. The van der Waals surface area contributed by atoms with E-state index in [4.69, 9.17) is 4.84 Å². The van der Waals surface area contributed by atoms with Gasteiger partial charge >= 0.3 is 0 Å². The fraction of sp³-hybridized carbons (Fsp3) is 0.375. The van der Waals surface area contributed by atoms with E-state index in [2.05, 4.69) is 20.4 Å². The van der Waals surface area contributed by atoms with Gasteiger partial charge in [-0.3, -0.25) is 9.78 Å². The number of nitrogens with one attached hydrogen (secondary N) is 1. The number of aromatic nitrogens is 2. The van der Waals surface area contributed by atoms with Crippen LogP contribution in [0.2, 0.25) is 0 Å². The fourth-order valence-electron chi connectivity index (χ4n) is 2.25. The van der Waals surface area contributed by atoms with E-state index in [9.17, 15) is 4.79 Å². The van der Waals surface area contributed by atoms with Crippen LogP contribution in [0.25, 0.3) is 10.6 Å². The standard InChI is InChI=1S/C16H18N4O2S/c1-2-12-8-14(22-20-12)15(21)18-7-5-13-10-23-16(19-13)11-4-3-6-17-9-11/h3-4,6,9-10,14H,2,5,7-8H2,1H3,(H,18,21). The van der Waals surface area contributed by atoms with Crippen molar-refractivity contribution in [2.24, 2.45) is 5.16 Å². The molecular weight excluding hydrogens is 312 g/mol. The highest BCUT2D eigenvalue weighted by Gasteiger charge is 2.26. The molecule has 0 spiro atoms. The average Bonchev–Trinajstić information content (AvgIpc) is 3.25. The molecule has 1 amide bonds. The van der Waals surface area contributed by atoms with Crippen LogP contribution in [0.5, 0.6) is 0 Å². The van der Waals surface area contributed by atoms with Crippen molar-refractivity contribution in [1.82, 2.24) is 15.3 Å². The molecule has 3 rings (SSSR count). The third-order valence-corrected chi connectivity index (χ3v) is 4.51. The summed E-state index contributed by atoms with van der Waals surface area (Å²) in [6, 6.07) is 3.88. The van der Waals surface area contributed by atoms with Crippen molar-refractivity contribution >= 4 is 23.0 Å². The number of pyridine rings is 1. The van der Waals surface area contributed by atoms with Gasteiger partial charge in [0.1, 0.15) is 5.01 Å². The summed E-state index contributed by atoms with van der Waals surface area (Å²) in [7, 11) is 0. The van der Waals surface area contributed by atoms with Crippen LogP contribution in [0.15, 0.2) is 35.1 Å². The van der Waals surface area contributed by atoms with E-state index >= 15 is 0 Å². The number of rotatable bonds is 6. The van der Waals surface area contributed by atoms with Gasteiger partial charge in [0.15, 0.2) is 0 Å². The molecule has 3 heterocycles. The number of amides is 1. The van der Waals surface area contributed by atoms with E-state index in [0.29, 0.717) is 19.4 Å². The highest BCUT2D eigenvalue weighted by atomic mass is 32.1. The molecule has 0 aromatic carbocycles. The predicted octanol–water partition coefficient (Wildman–Crippen LogP) is 2.42. The normalized spacial score (nSPS) is 16.7. The molecule has 0 fully saturated rings. The quantitative estimate of drug-likeness (QED) is 0.882. The van der Waals surface area contributed by atoms with Gasteiger partial charge < -0.3 is 10.2 Å². The molecule has 0 aliphatic carbocycles. The summed E-state index contributed by atoms with van der Waals surface area (Å²) in [6.07, 6.45) is 5.16. The van der Waals surface area contributed by atoms with Gasteiger partial charge in [0.05, 0.1) is 11.4 Å². The predicted molar refractivity (Wildman–Crippen MR) is 89.3 cm³/mol. The zero-order chi connectivity index (χ0) is 16.1. The second-order valence-electron chi connectivity index (χ2n) is 5.24. The van der Waals surface area contributed by atoms with Gasteiger partial charge in [0.25, 0.3) is 5.91 Å². The maximum atomic E-state index is 12.0. The lowest BCUT2D eigenvalue weighted by Gasteiger charge is -2.08. The van der Waals surface area contributed by atoms with E-state index in [-0.39, 0.29) is 5.91 Å². The van der Waals surface area contributed by atoms with Gasteiger partial charge in [0, 0.05) is 42.7 Å². The highest BCUT2D eigenvalue weighted by Crippen LogP contribution is 2.22. The van der Waals surface area contributed by atoms with Gasteiger partial charge in [-0.1, -0.05) is 12.1 Å². The lowest BCUT2D eigenvalue weighted by atomic mass is 10.1. The molecule has 0 saturated heterocycles. The van der Waals surface area contributed by atoms with E-state index in [1.165, 1.54) is 0 Å². The molecule has 1 atom stereocenters. The minimum atomic E-state index is -0.480. The Bertz CT molecular complexity index is 699. The highest BCUT2D eigenvalue weighted by molar-refractivity contribution is 7.13. The van der Waals surface area contributed by atoms with Gasteiger partial charge in [-0.25, -0.2) is 4.98 Å². The summed E-state index contributed by atoms with van der Waals surface area (Å²) in [6.45, 7) is 2.54. The van der Waals surface area contributed by atoms with Crippen LogP contribution in [-0.4, -0.2) is 34.2 Å². The van der Waals surface area contributed by atoms with Crippen molar-refractivity contribution in [2.45, 2.75) is 32.3 Å². The molecule has 2 aromatic rings. The van der Waals surface area contributed by atoms with Crippen LogP contribution in [0.1, 0.15) is 25.5 Å². The minimum absolute atomic E-state index is 0.111. The molecule has 1 aliphatic heterocycles. The van der Waals surface area contributed by atoms with Crippen molar-refractivity contribution in [2.75, 3.05) is 6.54 Å². The monoisotopic (exact) mass is 330 g/mol. The number of carbonyl (C=O) groups is 1. The first kappa shape index (κ1) is 15.6. The second kappa shape index (κ2) is 7.32. The van der Waals surface area contributed by atoms with E-state index in [0.717, 1.165) is 28.4 Å². The van der Waals surface area contributed by atoms with Gasteiger partial charge in [-0.15, -0.1) is 11.3 Å². The number of nitrogens with zero attached hydrogens (tertiary/aromatic N) is 3. The molecule has 2 aromatic heterocycles. The molecule has 120 valence electrons. The van der Waals surface area contributed by atoms with E-state index < -0.39 is 6.10 Å². The molecule has 1 aliphatic rings. The fourth-order valence-corrected chi connectivity index (χ4v) is 3.09. The smallest absolute Gasteiger partial charge is 0.264 e. The third-order valence-electron chi connectivity index (χ3n) is 3.57. The van der Waals surface area contributed by atoms with Crippen LogP contribution < -0.4 is 5.32 Å². The van der Waals surface area contributed by atoms with Crippen molar-refractivity contribution in [3.8, 4) is 10.6 Å². The number of thiazole rings is 1. The summed E-state index contributed by atoms with van der Waals surface area (Å²) in [5.74, 6) is -0.111. The molecular formula is C16H18N4O2S. The first-order valence-electron chi connectivity index (χ1n) is 7.60. The van der Waals surface area contributed by atoms with Crippen LogP contribution >= 0.6 is 11.3 Å². The summed E-state index contributed by atoms with van der Waals surface area (Å²) >= 11 is 1.58. The van der Waals surface area contributed by atoms with Crippen molar-refractivity contribution in [3.63, 3.8) is 0 Å². The van der Waals surface area contributed by atoms with E-state index in [1.54, 1.807) is 23.7 Å². The van der Waals surface area contributed by atoms with Crippen LogP contribution in [0, 0.1) is 0 Å². The Morgan fingerprint density at radius 2 is 2.43 bits per heavy atom. The van der Waals surface area contributed by atoms with Gasteiger partial charge in [0.2, 0.25) is 6.10 Å². The van der Waals surface area contributed by atoms with Gasteiger partial charge in [-0.05, 0) is 18.6 Å². The zero-order valence-corrected chi connectivity index (χ0v) is 13.7. The van der Waals surface area contributed by atoms with Crippen molar-refractivity contribution in [1.29, 1.82) is 0 Å². The Labute approximate surface area is 138 Å².